The van der Waals surface area contributed by atoms with E-state index in [4.69, 9.17) is 14.2 Å². The lowest BCUT2D eigenvalue weighted by Crippen LogP contribution is -2.43. The Hall–Kier alpha value is -3.29. The summed E-state index contributed by atoms with van der Waals surface area (Å²) in [6, 6.07) is 7.82. The van der Waals surface area contributed by atoms with Crippen LogP contribution in [0, 0.1) is 6.92 Å². The van der Waals surface area contributed by atoms with Gasteiger partial charge in [0, 0.05) is 23.8 Å². The fourth-order valence-electron chi connectivity index (χ4n) is 2.96. The molecule has 28 heavy (non-hydrogen) atoms. The van der Waals surface area contributed by atoms with Crippen LogP contribution >= 0.6 is 0 Å². The third-order valence-corrected chi connectivity index (χ3v) is 4.85. The first-order valence-electron chi connectivity index (χ1n) is 8.87. The zero-order valence-electron chi connectivity index (χ0n) is 16.5. The highest BCUT2D eigenvalue weighted by molar-refractivity contribution is 6.22. The molecule has 1 fully saturated rings. The van der Waals surface area contributed by atoms with E-state index in [0.29, 0.717) is 23.7 Å². The highest BCUT2D eigenvalue weighted by Gasteiger charge is 2.47. The van der Waals surface area contributed by atoms with Gasteiger partial charge >= 0.3 is 6.03 Å². The Morgan fingerprint density at radius 3 is 2.32 bits per heavy atom. The fourth-order valence-corrected chi connectivity index (χ4v) is 2.96. The van der Waals surface area contributed by atoms with Gasteiger partial charge in [0.1, 0.15) is 28.6 Å². The summed E-state index contributed by atoms with van der Waals surface area (Å²) in [5, 5.41) is 2.71. The number of methoxy groups -OCH3 is 2. The number of carbonyl (C=O) groups is 2. The molecule has 2 heterocycles. The van der Waals surface area contributed by atoms with E-state index in [1.807, 2.05) is 13.8 Å². The molecule has 1 N–H and O–H groups in total. The van der Waals surface area contributed by atoms with Crippen molar-refractivity contribution in [3.8, 4) is 23.1 Å². The number of pyridine rings is 1. The van der Waals surface area contributed by atoms with Gasteiger partial charge in [-0.15, -0.1) is 0 Å². The molecule has 0 bridgehead atoms. The summed E-state index contributed by atoms with van der Waals surface area (Å²) in [6.45, 7) is 5.41. The van der Waals surface area contributed by atoms with Gasteiger partial charge in [0.2, 0.25) is 5.88 Å². The average Bonchev–Trinajstić information content (AvgIpc) is 2.92. The fraction of sp³-hybridized carbons (Fsp3) is 0.350. The number of ether oxygens (including phenoxy) is 3. The van der Waals surface area contributed by atoms with E-state index in [1.165, 1.54) is 0 Å². The molecule has 8 nitrogen and oxygen atoms in total. The summed E-state index contributed by atoms with van der Waals surface area (Å²) in [6.07, 6.45) is 0.479. The van der Waals surface area contributed by atoms with Gasteiger partial charge in [0.25, 0.3) is 5.91 Å². The molecule has 1 aliphatic heterocycles. The van der Waals surface area contributed by atoms with Crippen molar-refractivity contribution in [2.45, 2.75) is 32.7 Å². The molecule has 2 aromatic rings. The van der Waals surface area contributed by atoms with Crippen molar-refractivity contribution in [1.29, 1.82) is 0 Å². The smallest absolute Gasteiger partial charge is 0.330 e. The van der Waals surface area contributed by atoms with Crippen LogP contribution in [-0.4, -0.2) is 36.7 Å². The van der Waals surface area contributed by atoms with Gasteiger partial charge in [0.15, 0.2) is 0 Å². The van der Waals surface area contributed by atoms with E-state index in [1.54, 1.807) is 51.5 Å². The largest absolute Gasteiger partial charge is 0.496 e. The molecule has 0 radical (unpaired) electrons. The first-order valence-corrected chi connectivity index (χ1v) is 8.87. The number of nitrogens with zero attached hydrogens (tertiary/aromatic N) is 2. The van der Waals surface area contributed by atoms with Crippen LogP contribution in [0.5, 0.6) is 23.1 Å². The van der Waals surface area contributed by atoms with Crippen LogP contribution in [0.2, 0.25) is 0 Å². The number of aromatic nitrogens is 1. The van der Waals surface area contributed by atoms with Crippen LogP contribution in [0.1, 0.15) is 25.8 Å². The highest BCUT2D eigenvalue weighted by atomic mass is 16.5. The molecule has 3 amide bonds. The molecular formula is C20H23N3O5. The number of hydrogen-bond acceptors (Lipinski definition) is 6. The molecule has 3 rings (SSSR count). The summed E-state index contributed by atoms with van der Waals surface area (Å²) < 4.78 is 16.5. The van der Waals surface area contributed by atoms with Crippen LogP contribution < -0.4 is 24.4 Å². The number of anilines is 1. The van der Waals surface area contributed by atoms with E-state index < -0.39 is 11.6 Å². The summed E-state index contributed by atoms with van der Waals surface area (Å²) in [4.78, 5) is 30.3. The zero-order chi connectivity index (χ0) is 20.5. The van der Waals surface area contributed by atoms with Crippen molar-refractivity contribution < 1.29 is 23.8 Å². The number of hydrogen-bond donors (Lipinski definition) is 1. The second-order valence-electron chi connectivity index (χ2n) is 6.65. The van der Waals surface area contributed by atoms with Gasteiger partial charge in [-0.25, -0.2) is 9.69 Å². The normalized spacial score (nSPS) is 18.8. The van der Waals surface area contributed by atoms with Gasteiger partial charge in [-0.05, 0) is 26.3 Å². The van der Waals surface area contributed by atoms with Crippen LogP contribution in [0.25, 0.3) is 0 Å². The molecule has 1 atom stereocenters. The molecule has 0 spiro atoms. The molecule has 8 heteroatoms. The highest BCUT2D eigenvalue weighted by Crippen LogP contribution is 2.35. The van der Waals surface area contributed by atoms with Crippen LogP contribution in [0.3, 0.4) is 0 Å². The Bertz CT molecular complexity index is 905. The number of imide groups is 1. The molecule has 1 aromatic heterocycles. The number of nitrogens with one attached hydrogen (secondary N) is 1. The van der Waals surface area contributed by atoms with Crippen molar-refractivity contribution in [2.75, 3.05) is 19.1 Å². The summed E-state index contributed by atoms with van der Waals surface area (Å²) in [5.41, 5.74) is -0.0925. The van der Waals surface area contributed by atoms with Crippen LogP contribution in [0.15, 0.2) is 30.3 Å². The van der Waals surface area contributed by atoms with Crippen molar-refractivity contribution in [3.05, 3.63) is 35.9 Å². The number of carbonyl (C=O) groups excluding carboxylic acids is 2. The minimum absolute atomic E-state index is 0.197. The molecule has 0 unspecified atom stereocenters. The van der Waals surface area contributed by atoms with E-state index in [2.05, 4.69) is 10.3 Å². The SMILES string of the molecule is CC[C@@]1(C)NC(=O)N(c2cccc(Oc3cc(OC)c(C)c(OC)c3)n2)C1=O. The van der Waals surface area contributed by atoms with Crippen molar-refractivity contribution in [2.24, 2.45) is 0 Å². The molecule has 1 saturated heterocycles. The third kappa shape index (κ3) is 3.33. The first kappa shape index (κ1) is 19.5. The topological polar surface area (TPSA) is 90.0 Å². The Morgan fingerprint density at radius 1 is 1.14 bits per heavy atom. The van der Waals surface area contributed by atoms with E-state index in [0.717, 1.165) is 10.5 Å². The molecule has 148 valence electrons. The molecule has 0 aliphatic carbocycles. The van der Waals surface area contributed by atoms with Gasteiger partial charge in [-0.3, -0.25) is 4.79 Å². The lowest BCUT2D eigenvalue weighted by Gasteiger charge is -2.19. The number of amides is 3. The Labute approximate surface area is 163 Å². The van der Waals surface area contributed by atoms with Gasteiger partial charge < -0.3 is 19.5 Å². The van der Waals surface area contributed by atoms with Crippen LogP contribution in [0.4, 0.5) is 10.6 Å². The monoisotopic (exact) mass is 385 g/mol. The molecule has 1 aliphatic rings. The summed E-state index contributed by atoms with van der Waals surface area (Å²) >= 11 is 0. The van der Waals surface area contributed by atoms with E-state index >= 15 is 0 Å². The van der Waals surface area contributed by atoms with E-state index in [-0.39, 0.29) is 17.6 Å². The van der Waals surface area contributed by atoms with Crippen molar-refractivity contribution >= 4 is 17.8 Å². The minimum atomic E-state index is -0.937. The number of rotatable bonds is 6. The lowest BCUT2D eigenvalue weighted by atomic mass is 9.99. The van der Waals surface area contributed by atoms with Gasteiger partial charge in [-0.2, -0.15) is 4.98 Å². The standard InChI is InChI=1S/C20H23N3O5/c1-6-20(3)18(24)23(19(25)22-20)16-8-7-9-17(21-16)28-13-10-14(26-4)12(2)15(11-13)27-5/h7-11H,6H2,1-5H3,(H,22,25)/t20-/m1/s1. The predicted molar refractivity (Wildman–Crippen MR) is 103 cm³/mol. The molecule has 1 aromatic carbocycles. The second kappa shape index (κ2) is 7.38. The van der Waals surface area contributed by atoms with Gasteiger partial charge in [0.05, 0.1) is 14.2 Å². The quantitative estimate of drug-likeness (QED) is 0.767. The van der Waals surface area contributed by atoms with E-state index in [9.17, 15) is 9.59 Å². The maximum Gasteiger partial charge on any atom is 0.330 e. The Balaban J connectivity index is 1.91. The molecule has 0 saturated carbocycles. The summed E-state index contributed by atoms with van der Waals surface area (Å²) in [5.74, 6) is 1.76. The maximum absolute atomic E-state index is 12.7. The lowest BCUT2D eigenvalue weighted by molar-refractivity contribution is -0.121. The molecular weight excluding hydrogens is 362 g/mol. The predicted octanol–water partition coefficient (Wildman–Crippen LogP) is 3.42. The Kier molecular flexibility index (Phi) is 5.13. The zero-order valence-corrected chi connectivity index (χ0v) is 16.5. The van der Waals surface area contributed by atoms with Crippen molar-refractivity contribution in [1.82, 2.24) is 10.3 Å². The van der Waals surface area contributed by atoms with Crippen molar-refractivity contribution in [3.63, 3.8) is 0 Å². The first-order chi connectivity index (χ1) is 13.3. The van der Waals surface area contributed by atoms with Gasteiger partial charge in [-0.1, -0.05) is 13.0 Å². The van der Waals surface area contributed by atoms with Crippen LogP contribution in [-0.2, 0) is 4.79 Å². The number of benzene rings is 1. The maximum atomic E-state index is 12.7. The minimum Gasteiger partial charge on any atom is -0.496 e. The second-order valence-corrected chi connectivity index (χ2v) is 6.65. The summed E-state index contributed by atoms with van der Waals surface area (Å²) in [7, 11) is 3.12. The third-order valence-electron chi connectivity index (χ3n) is 4.85. The average molecular weight is 385 g/mol. The number of urea groups is 1. The Morgan fingerprint density at radius 2 is 1.79 bits per heavy atom.